The molecule has 5 nitrogen and oxygen atoms in total. The number of nitrogens with zero attached hydrogens (tertiary/aromatic N) is 1. The third-order valence-electron chi connectivity index (χ3n) is 4.78. The number of methoxy groups -OCH3 is 2. The minimum Gasteiger partial charge on any atom is -0.493 e. The predicted molar refractivity (Wildman–Crippen MR) is 98.6 cm³/mol. The molecule has 0 amide bonds. The first kappa shape index (κ1) is 18.4. The molecule has 24 heavy (non-hydrogen) atoms. The molecule has 134 valence electrons. The third kappa shape index (κ3) is 5.62. The fourth-order valence-electron chi connectivity index (χ4n) is 3.44. The van der Waals surface area contributed by atoms with Crippen LogP contribution in [0.15, 0.2) is 23.2 Å². The number of ether oxygens (including phenoxy) is 2. The van der Waals surface area contributed by atoms with Gasteiger partial charge in [-0.05, 0) is 42.4 Å². The molecule has 2 rings (SSSR count). The number of hydrogen-bond acceptors (Lipinski definition) is 3. The van der Waals surface area contributed by atoms with Gasteiger partial charge in [0.2, 0.25) is 0 Å². The highest BCUT2D eigenvalue weighted by atomic mass is 16.5. The molecule has 1 aromatic carbocycles. The summed E-state index contributed by atoms with van der Waals surface area (Å²) in [5, 5.41) is 3.24. The topological polar surface area (TPSA) is 68.9 Å². The lowest BCUT2D eigenvalue weighted by Crippen LogP contribution is -2.33. The molecule has 0 saturated heterocycles. The number of hydrogen-bond donors (Lipinski definition) is 2. The summed E-state index contributed by atoms with van der Waals surface area (Å²) in [7, 11) is 3.26. The first-order valence-corrected chi connectivity index (χ1v) is 8.87. The third-order valence-corrected chi connectivity index (χ3v) is 4.78. The minimum atomic E-state index is 0.508. The van der Waals surface area contributed by atoms with Crippen molar-refractivity contribution in [1.82, 2.24) is 5.32 Å². The summed E-state index contributed by atoms with van der Waals surface area (Å²) in [4.78, 5) is 4.41. The molecule has 1 fully saturated rings. The standard InChI is InChI=1S/C19H31N3O2/c1-14-5-4-6-15(11-14)9-10-21-19(20)22-13-16-7-8-17(23-2)18(12-16)24-3/h7-8,12,14-15H,4-6,9-11,13H2,1-3H3,(H3,20,21,22). The molecule has 1 aliphatic carbocycles. The maximum Gasteiger partial charge on any atom is 0.188 e. The van der Waals surface area contributed by atoms with Gasteiger partial charge in [0.1, 0.15) is 0 Å². The maximum absolute atomic E-state index is 5.97. The van der Waals surface area contributed by atoms with Crippen LogP contribution in [0, 0.1) is 11.8 Å². The molecule has 2 unspecified atom stereocenters. The summed E-state index contributed by atoms with van der Waals surface area (Å²) < 4.78 is 10.5. The van der Waals surface area contributed by atoms with E-state index in [0.717, 1.165) is 29.7 Å². The summed E-state index contributed by atoms with van der Waals surface area (Å²) >= 11 is 0. The molecule has 1 saturated carbocycles. The molecule has 5 heteroatoms. The van der Waals surface area contributed by atoms with Crippen LogP contribution in [-0.2, 0) is 6.54 Å². The normalized spacial score (nSPS) is 21.4. The lowest BCUT2D eigenvalue weighted by Gasteiger charge is -2.26. The Hall–Kier alpha value is -1.91. The van der Waals surface area contributed by atoms with Gasteiger partial charge >= 0.3 is 0 Å². The Labute approximate surface area is 145 Å². The van der Waals surface area contributed by atoms with Crippen LogP contribution in [0.5, 0.6) is 11.5 Å². The number of aliphatic imine (C=N–C) groups is 1. The van der Waals surface area contributed by atoms with Crippen molar-refractivity contribution in [3.05, 3.63) is 23.8 Å². The zero-order valence-electron chi connectivity index (χ0n) is 15.2. The van der Waals surface area contributed by atoms with Crippen molar-refractivity contribution in [1.29, 1.82) is 0 Å². The molecular weight excluding hydrogens is 302 g/mol. The van der Waals surface area contributed by atoms with Crippen LogP contribution in [-0.4, -0.2) is 26.7 Å². The molecule has 2 atom stereocenters. The van der Waals surface area contributed by atoms with Crippen LogP contribution < -0.4 is 20.5 Å². The van der Waals surface area contributed by atoms with Gasteiger partial charge in [-0.3, -0.25) is 0 Å². The van der Waals surface area contributed by atoms with Crippen molar-refractivity contribution in [2.45, 2.75) is 45.6 Å². The SMILES string of the molecule is COc1ccc(CN=C(N)NCCC2CCCC(C)C2)cc1OC. The second-order valence-corrected chi connectivity index (χ2v) is 6.74. The zero-order valence-corrected chi connectivity index (χ0v) is 15.2. The van der Waals surface area contributed by atoms with Crippen molar-refractivity contribution >= 4 is 5.96 Å². The number of nitrogens with one attached hydrogen (secondary N) is 1. The van der Waals surface area contributed by atoms with Crippen molar-refractivity contribution in [3.63, 3.8) is 0 Å². The zero-order chi connectivity index (χ0) is 17.4. The number of nitrogens with two attached hydrogens (primary N) is 1. The van der Waals surface area contributed by atoms with Gasteiger partial charge < -0.3 is 20.5 Å². The van der Waals surface area contributed by atoms with Crippen LogP contribution in [0.1, 0.15) is 44.6 Å². The average Bonchev–Trinajstić information content (AvgIpc) is 2.59. The van der Waals surface area contributed by atoms with E-state index in [9.17, 15) is 0 Å². The Morgan fingerprint density at radius 1 is 1.25 bits per heavy atom. The Balaban J connectivity index is 1.77. The lowest BCUT2D eigenvalue weighted by molar-refractivity contribution is 0.270. The second-order valence-electron chi connectivity index (χ2n) is 6.74. The Morgan fingerprint density at radius 2 is 2.04 bits per heavy atom. The first-order chi connectivity index (χ1) is 11.6. The van der Waals surface area contributed by atoms with E-state index in [1.165, 1.54) is 32.1 Å². The van der Waals surface area contributed by atoms with E-state index in [1.54, 1.807) is 14.2 Å². The molecule has 3 N–H and O–H groups in total. The van der Waals surface area contributed by atoms with Gasteiger partial charge in [-0.1, -0.05) is 32.3 Å². The van der Waals surface area contributed by atoms with Crippen molar-refractivity contribution in [2.24, 2.45) is 22.6 Å². The highest BCUT2D eigenvalue weighted by molar-refractivity contribution is 5.77. The van der Waals surface area contributed by atoms with Gasteiger partial charge in [0, 0.05) is 6.54 Å². The number of guanidine groups is 1. The van der Waals surface area contributed by atoms with Crippen LogP contribution in [0.25, 0.3) is 0 Å². The molecule has 0 aromatic heterocycles. The quantitative estimate of drug-likeness (QED) is 0.593. The average molecular weight is 333 g/mol. The molecule has 0 radical (unpaired) electrons. The highest BCUT2D eigenvalue weighted by Crippen LogP contribution is 2.30. The molecular formula is C19H31N3O2. The van der Waals surface area contributed by atoms with Gasteiger partial charge in [0.05, 0.1) is 20.8 Å². The van der Waals surface area contributed by atoms with Crippen molar-refractivity contribution in [3.8, 4) is 11.5 Å². The Morgan fingerprint density at radius 3 is 2.75 bits per heavy atom. The van der Waals surface area contributed by atoms with Gasteiger partial charge in [0.25, 0.3) is 0 Å². The van der Waals surface area contributed by atoms with Gasteiger partial charge in [-0.15, -0.1) is 0 Å². The monoisotopic (exact) mass is 333 g/mol. The maximum atomic E-state index is 5.97. The Bertz CT molecular complexity index is 545. The fraction of sp³-hybridized carbons (Fsp3) is 0.632. The van der Waals surface area contributed by atoms with E-state index >= 15 is 0 Å². The summed E-state index contributed by atoms with van der Waals surface area (Å²) in [6.07, 6.45) is 6.64. The number of benzene rings is 1. The second kappa shape index (κ2) is 9.40. The van der Waals surface area contributed by atoms with Crippen LogP contribution in [0.2, 0.25) is 0 Å². The summed E-state index contributed by atoms with van der Waals surface area (Å²) in [5.74, 6) is 3.65. The molecule has 1 aliphatic rings. The molecule has 0 heterocycles. The van der Waals surface area contributed by atoms with E-state index < -0.39 is 0 Å². The summed E-state index contributed by atoms with van der Waals surface area (Å²) in [5.41, 5.74) is 7.01. The molecule has 1 aromatic rings. The minimum absolute atomic E-state index is 0.508. The van der Waals surface area contributed by atoms with E-state index in [0.29, 0.717) is 18.3 Å². The summed E-state index contributed by atoms with van der Waals surface area (Å²) in [6, 6.07) is 5.79. The van der Waals surface area contributed by atoms with Crippen molar-refractivity contribution < 1.29 is 9.47 Å². The summed E-state index contributed by atoms with van der Waals surface area (Å²) in [6.45, 7) is 3.79. The van der Waals surface area contributed by atoms with Gasteiger partial charge in [0.15, 0.2) is 17.5 Å². The smallest absolute Gasteiger partial charge is 0.188 e. The van der Waals surface area contributed by atoms with Crippen LogP contribution >= 0.6 is 0 Å². The van der Waals surface area contributed by atoms with E-state index in [4.69, 9.17) is 15.2 Å². The molecule has 0 spiro atoms. The predicted octanol–water partition coefficient (Wildman–Crippen LogP) is 3.32. The van der Waals surface area contributed by atoms with E-state index in [2.05, 4.69) is 17.2 Å². The fourth-order valence-corrected chi connectivity index (χ4v) is 3.44. The number of rotatable bonds is 7. The van der Waals surface area contributed by atoms with Crippen LogP contribution in [0.3, 0.4) is 0 Å². The first-order valence-electron chi connectivity index (χ1n) is 8.87. The molecule has 0 aliphatic heterocycles. The molecule has 0 bridgehead atoms. The van der Waals surface area contributed by atoms with Gasteiger partial charge in [-0.2, -0.15) is 0 Å². The van der Waals surface area contributed by atoms with Crippen LogP contribution in [0.4, 0.5) is 0 Å². The van der Waals surface area contributed by atoms with E-state index in [1.807, 2.05) is 18.2 Å². The van der Waals surface area contributed by atoms with E-state index in [-0.39, 0.29) is 0 Å². The largest absolute Gasteiger partial charge is 0.493 e. The highest BCUT2D eigenvalue weighted by Gasteiger charge is 2.18. The Kier molecular flexibility index (Phi) is 7.22. The van der Waals surface area contributed by atoms with Crippen molar-refractivity contribution in [2.75, 3.05) is 20.8 Å². The lowest BCUT2D eigenvalue weighted by atomic mass is 9.81. The van der Waals surface area contributed by atoms with Gasteiger partial charge in [-0.25, -0.2) is 4.99 Å².